The van der Waals surface area contributed by atoms with Gasteiger partial charge in [-0.3, -0.25) is 4.79 Å². The predicted octanol–water partition coefficient (Wildman–Crippen LogP) is 4.51. The molecule has 0 aromatic rings. The Morgan fingerprint density at radius 3 is 2.35 bits per heavy atom. The summed E-state index contributed by atoms with van der Waals surface area (Å²) in [5.74, 6) is 0.135. The highest BCUT2D eigenvalue weighted by atomic mass is 35.6. The van der Waals surface area contributed by atoms with Crippen molar-refractivity contribution < 1.29 is 9.53 Å². The molecule has 0 aromatic heterocycles. The third-order valence-electron chi connectivity index (χ3n) is 3.37. The summed E-state index contributed by atoms with van der Waals surface area (Å²) in [6, 6.07) is 0. The molecule has 1 rings (SSSR count). The second-order valence-corrected chi connectivity index (χ2v) is 7.04. The Morgan fingerprint density at radius 1 is 1.29 bits per heavy atom. The van der Waals surface area contributed by atoms with Crippen LogP contribution in [-0.2, 0) is 9.53 Å². The monoisotopic (exact) mass is 300 g/mol. The molecular weight excluding hydrogens is 282 g/mol. The average Bonchev–Trinajstić information content (AvgIpc) is 2.23. The topological polar surface area (TPSA) is 26.3 Å². The van der Waals surface area contributed by atoms with E-state index in [1.54, 1.807) is 0 Å². The highest BCUT2D eigenvalue weighted by molar-refractivity contribution is 6.67. The molecule has 1 saturated carbocycles. The molecule has 2 nitrogen and oxygen atoms in total. The molecule has 100 valence electrons. The van der Waals surface area contributed by atoms with E-state index in [4.69, 9.17) is 39.5 Å². The zero-order chi connectivity index (χ0) is 12.9. The zero-order valence-corrected chi connectivity index (χ0v) is 12.3. The van der Waals surface area contributed by atoms with Crippen molar-refractivity contribution in [1.82, 2.24) is 0 Å². The molecule has 0 radical (unpaired) electrons. The molecule has 0 bridgehead atoms. The van der Waals surface area contributed by atoms with Crippen LogP contribution in [0.4, 0.5) is 0 Å². The zero-order valence-electron chi connectivity index (χ0n) is 10.1. The van der Waals surface area contributed by atoms with Crippen LogP contribution in [0.2, 0.25) is 0 Å². The normalized spacial score (nSPS) is 20.0. The van der Waals surface area contributed by atoms with Crippen LogP contribution in [0.1, 0.15) is 45.4 Å². The average molecular weight is 302 g/mol. The number of alkyl halides is 3. The van der Waals surface area contributed by atoms with E-state index in [0.717, 1.165) is 12.8 Å². The number of ether oxygens (including phenoxy) is 1. The van der Waals surface area contributed by atoms with Gasteiger partial charge in [0.05, 0.1) is 6.61 Å². The Morgan fingerprint density at radius 2 is 1.88 bits per heavy atom. The molecule has 0 aromatic carbocycles. The summed E-state index contributed by atoms with van der Waals surface area (Å²) in [5.41, 5.74) is 0. The fraction of sp³-hybridized carbons (Fsp3) is 0.917. The molecule has 5 heteroatoms. The number of carbonyl (C=O) groups excluding carboxylic acids is 1. The molecule has 1 fully saturated rings. The molecule has 0 amide bonds. The van der Waals surface area contributed by atoms with E-state index in [0.29, 0.717) is 18.9 Å². The predicted molar refractivity (Wildman–Crippen MR) is 71.6 cm³/mol. The van der Waals surface area contributed by atoms with Crippen LogP contribution in [0.3, 0.4) is 0 Å². The molecule has 0 aliphatic heterocycles. The molecule has 0 heterocycles. The maximum Gasteiger partial charge on any atom is 0.302 e. The van der Waals surface area contributed by atoms with Crippen molar-refractivity contribution in [1.29, 1.82) is 0 Å². The van der Waals surface area contributed by atoms with E-state index >= 15 is 0 Å². The lowest BCUT2D eigenvalue weighted by molar-refractivity contribution is -0.141. The highest BCUT2D eigenvalue weighted by Crippen LogP contribution is 2.45. The van der Waals surface area contributed by atoms with Gasteiger partial charge in [-0.15, -0.1) is 0 Å². The molecule has 0 N–H and O–H groups in total. The van der Waals surface area contributed by atoms with E-state index < -0.39 is 3.79 Å². The van der Waals surface area contributed by atoms with E-state index in [2.05, 4.69) is 0 Å². The first kappa shape index (κ1) is 15.4. The molecule has 0 spiro atoms. The Balaban J connectivity index is 2.50. The number of esters is 1. The number of hydrogen-bond acceptors (Lipinski definition) is 2. The fourth-order valence-corrected chi connectivity index (χ4v) is 3.39. The Hall–Kier alpha value is 0.340. The van der Waals surface area contributed by atoms with E-state index in [9.17, 15) is 4.79 Å². The smallest absolute Gasteiger partial charge is 0.302 e. The number of carbonyl (C=O) groups is 1. The standard InChI is InChI=1S/C12H19Cl3O2/c1-9(16)17-8-7-11(12(13,14)15)10-5-3-2-4-6-10/h10-11H,2-8H2,1H3. The van der Waals surface area contributed by atoms with Crippen LogP contribution in [0.25, 0.3) is 0 Å². The van der Waals surface area contributed by atoms with Gasteiger partial charge in [0.1, 0.15) is 0 Å². The summed E-state index contributed by atoms with van der Waals surface area (Å²) in [6.45, 7) is 1.73. The number of rotatable bonds is 4. The van der Waals surface area contributed by atoms with Crippen molar-refractivity contribution in [3.8, 4) is 0 Å². The van der Waals surface area contributed by atoms with Crippen LogP contribution >= 0.6 is 34.8 Å². The van der Waals surface area contributed by atoms with Gasteiger partial charge in [-0.25, -0.2) is 0 Å². The summed E-state index contributed by atoms with van der Waals surface area (Å²) in [6.07, 6.45) is 6.52. The van der Waals surface area contributed by atoms with Crippen LogP contribution in [0.15, 0.2) is 0 Å². The SMILES string of the molecule is CC(=O)OCCC(C1CCCCC1)C(Cl)(Cl)Cl. The van der Waals surface area contributed by atoms with Gasteiger partial charge in [-0.05, 0) is 12.3 Å². The van der Waals surface area contributed by atoms with Crippen molar-refractivity contribution in [3.05, 3.63) is 0 Å². The Labute approximate surface area is 118 Å². The third kappa shape index (κ3) is 5.67. The van der Waals surface area contributed by atoms with Crippen molar-refractivity contribution in [3.63, 3.8) is 0 Å². The molecule has 1 atom stereocenters. The minimum absolute atomic E-state index is 0.0212. The second-order valence-electron chi connectivity index (χ2n) is 4.67. The van der Waals surface area contributed by atoms with Gasteiger partial charge in [0, 0.05) is 12.8 Å². The number of hydrogen-bond donors (Lipinski definition) is 0. The van der Waals surface area contributed by atoms with Crippen molar-refractivity contribution >= 4 is 40.8 Å². The van der Waals surface area contributed by atoms with E-state index in [1.165, 1.54) is 26.2 Å². The van der Waals surface area contributed by atoms with Crippen molar-refractivity contribution in [2.75, 3.05) is 6.61 Å². The maximum absolute atomic E-state index is 10.7. The molecule has 0 saturated heterocycles. The minimum Gasteiger partial charge on any atom is -0.466 e. The van der Waals surface area contributed by atoms with Crippen LogP contribution in [0, 0.1) is 11.8 Å². The molecule has 17 heavy (non-hydrogen) atoms. The summed E-state index contributed by atoms with van der Waals surface area (Å²) in [5, 5.41) is 0. The Bertz CT molecular complexity index is 245. The first-order valence-electron chi connectivity index (χ1n) is 6.11. The lowest BCUT2D eigenvalue weighted by Gasteiger charge is -2.34. The molecule has 1 unspecified atom stereocenters. The van der Waals surface area contributed by atoms with Crippen LogP contribution in [-0.4, -0.2) is 16.4 Å². The second kappa shape index (κ2) is 7.06. The maximum atomic E-state index is 10.7. The quantitative estimate of drug-likeness (QED) is 0.564. The first-order valence-corrected chi connectivity index (χ1v) is 7.24. The summed E-state index contributed by atoms with van der Waals surface area (Å²) in [7, 11) is 0. The Kier molecular flexibility index (Phi) is 6.39. The van der Waals surface area contributed by atoms with Gasteiger partial charge >= 0.3 is 5.97 Å². The van der Waals surface area contributed by atoms with Gasteiger partial charge in [-0.1, -0.05) is 66.9 Å². The van der Waals surface area contributed by atoms with Crippen molar-refractivity contribution in [2.45, 2.75) is 49.2 Å². The third-order valence-corrected chi connectivity index (χ3v) is 4.21. The molecule has 1 aliphatic rings. The first-order chi connectivity index (χ1) is 7.91. The molecular formula is C12H19Cl3O2. The highest BCUT2D eigenvalue weighted by Gasteiger charge is 2.38. The van der Waals surface area contributed by atoms with Crippen LogP contribution < -0.4 is 0 Å². The number of halogens is 3. The minimum atomic E-state index is -1.26. The van der Waals surface area contributed by atoms with Gasteiger partial charge < -0.3 is 4.74 Å². The largest absolute Gasteiger partial charge is 0.466 e. The summed E-state index contributed by atoms with van der Waals surface area (Å²) < 4.78 is 3.68. The molecule has 1 aliphatic carbocycles. The summed E-state index contributed by atoms with van der Waals surface area (Å²) in [4.78, 5) is 10.7. The summed E-state index contributed by atoms with van der Waals surface area (Å²) >= 11 is 18.1. The van der Waals surface area contributed by atoms with Crippen molar-refractivity contribution in [2.24, 2.45) is 11.8 Å². The fourth-order valence-electron chi connectivity index (χ4n) is 2.53. The lowest BCUT2D eigenvalue weighted by Crippen LogP contribution is -2.30. The van der Waals surface area contributed by atoms with E-state index in [1.807, 2.05) is 0 Å². The van der Waals surface area contributed by atoms with Gasteiger partial charge in [0.2, 0.25) is 0 Å². The van der Waals surface area contributed by atoms with Gasteiger partial charge in [-0.2, -0.15) is 0 Å². The van der Waals surface area contributed by atoms with Crippen LogP contribution in [0.5, 0.6) is 0 Å². The van der Waals surface area contributed by atoms with Gasteiger partial charge in [0.25, 0.3) is 0 Å². The van der Waals surface area contributed by atoms with Gasteiger partial charge in [0.15, 0.2) is 3.79 Å². The van der Waals surface area contributed by atoms with E-state index in [-0.39, 0.29) is 11.9 Å². The lowest BCUT2D eigenvalue weighted by atomic mass is 9.79.